The van der Waals surface area contributed by atoms with Crippen LogP contribution in [0.5, 0.6) is 0 Å². The number of pyridine rings is 1. The zero-order valence-electron chi connectivity index (χ0n) is 10.9. The van der Waals surface area contributed by atoms with E-state index in [0.717, 1.165) is 29.8 Å². The molecule has 0 unspecified atom stereocenters. The fraction of sp³-hybridized carbons (Fsp3) is 0.571. The topological polar surface area (TPSA) is 50.9 Å². The molecule has 0 saturated heterocycles. The highest BCUT2D eigenvalue weighted by Crippen LogP contribution is 2.28. The summed E-state index contributed by atoms with van der Waals surface area (Å²) in [4.78, 5) is 4.72. The largest absolute Gasteiger partial charge is 0.389 e. The molecule has 3 nitrogen and oxygen atoms in total. The van der Waals surface area contributed by atoms with Crippen LogP contribution in [0.15, 0.2) is 18.3 Å². The van der Waals surface area contributed by atoms with E-state index in [-0.39, 0.29) is 0 Å². The number of aromatic nitrogens is 1. The first-order chi connectivity index (χ1) is 8.65. The van der Waals surface area contributed by atoms with E-state index in [2.05, 4.69) is 17.2 Å². The summed E-state index contributed by atoms with van der Waals surface area (Å²) in [6, 6.07) is 3.77. The van der Waals surface area contributed by atoms with Gasteiger partial charge in [0.1, 0.15) is 10.8 Å². The molecule has 18 heavy (non-hydrogen) atoms. The van der Waals surface area contributed by atoms with Gasteiger partial charge in [-0.2, -0.15) is 0 Å². The molecule has 1 fully saturated rings. The van der Waals surface area contributed by atoms with Gasteiger partial charge in [0.05, 0.1) is 0 Å². The van der Waals surface area contributed by atoms with E-state index >= 15 is 0 Å². The number of rotatable bonds is 4. The molecule has 1 aromatic rings. The standard InChI is InChI=1S/C14H21N3S/c1-10-2-4-11(5-3-10)9-17-13-8-12(14(15)18)6-7-16-13/h6-8,10-11H,2-5,9H2,1H3,(H2,15,18)(H,16,17). The summed E-state index contributed by atoms with van der Waals surface area (Å²) in [7, 11) is 0. The molecule has 0 radical (unpaired) electrons. The Morgan fingerprint density at radius 1 is 1.44 bits per heavy atom. The number of hydrogen-bond acceptors (Lipinski definition) is 3. The molecule has 1 aromatic heterocycles. The van der Waals surface area contributed by atoms with Crippen LogP contribution in [0.2, 0.25) is 0 Å². The maximum absolute atomic E-state index is 5.61. The van der Waals surface area contributed by atoms with Crippen molar-refractivity contribution in [3.8, 4) is 0 Å². The highest BCUT2D eigenvalue weighted by molar-refractivity contribution is 7.80. The van der Waals surface area contributed by atoms with E-state index in [1.165, 1.54) is 25.7 Å². The molecule has 4 heteroatoms. The van der Waals surface area contributed by atoms with Gasteiger partial charge >= 0.3 is 0 Å². The first kappa shape index (κ1) is 13.3. The summed E-state index contributed by atoms with van der Waals surface area (Å²) in [5.74, 6) is 2.55. The molecule has 0 aliphatic heterocycles. The number of anilines is 1. The second-order valence-electron chi connectivity index (χ2n) is 5.30. The Balaban J connectivity index is 1.86. The third kappa shape index (κ3) is 3.67. The Labute approximate surface area is 114 Å². The first-order valence-electron chi connectivity index (χ1n) is 6.65. The van der Waals surface area contributed by atoms with Crippen molar-refractivity contribution in [2.24, 2.45) is 17.6 Å². The summed E-state index contributed by atoms with van der Waals surface area (Å²) in [6.45, 7) is 3.34. The molecule has 98 valence electrons. The summed E-state index contributed by atoms with van der Waals surface area (Å²) in [5, 5.41) is 3.40. The molecule has 0 spiro atoms. The monoisotopic (exact) mass is 263 g/mol. The predicted molar refractivity (Wildman–Crippen MR) is 79.7 cm³/mol. The molecule has 0 atom stereocenters. The highest BCUT2D eigenvalue weighted by atomic mass is 32.1. The molecular formula is C14H21N3S. The number of nitrogens with zero attached hydrogens (tertiary/aromatic N) is 1. The van der Waals surface area contributed by atoms with Crippen molar-refractivity contribution in [3.05, 3.63) is 23.9 Å². The van der Waals surface area contributed by atoms with Crippen LogP contribution in [-0.4, -0.2) is 16.5 Å². The first-order valence-corrected chi connectivity index (χ1v) is 7.05. The normalized spacial score (nSPS) is 23.6. The number of nitrogens with two attached hydrogens (primary N) is 1. The molecule has 0 amide bonds. The lowest BCUT2D eigenvalue weighted by Gasteiger charge is -2.26. The van der Waals surface area contributed by atoms with Gasteiger partial charge in [0, 0.05) is 18.3 Å². The van der Waals surface area contributed by atoms with Gasteiger partial charge in [0.25, 0.3) is 0 Å². The van der Waals surface area contributed by atoms with Crippen LogP contribution in [0.25, 0.3) is 0 Å². The molecule has 1 saturated carbocycles. The maximum atomic E-state index is 5.61. The minimum Gasteiger partial charge on any atom is -0.389 e. The quantitative estimate of drug-likeness (QED) is 0.820. The fourth-order valence-electron chi connectivity index (χ4n) is 2.46. The Hall–Kier alpha value is -1.16. The predicted octanol–water partition coefficient (Wildman–Crippen LogP) is 2.95. The van der Waals surface area contributed by atoms with E-state index < -0.39 is 0 Å². The molecule has 0 bridgehead atoms. The van der Waals surface area contributed by atoms with Gasteiger partial charge in [0.15, 0.2) is 0 Å². The third-order valence-corrected chi connectivity index (χ3v) is 3.99. The van der Waals surface area contributed by atoms with E-state index in [0.29, 0.717) is 4.99 Å². The molecule has 0 aromatic carbocycles. The molecule has 2 rings (SSSR count). The second kappa shape index (κ2) is 6.14. The summed E-state index contributed by atoms with van der Waals surface area (Å²) in [6.07, 6.45) is 7.10. The van der Waals surface area contributed by atoms with Crippen molar-refractivity contribution in [2.75, 3.05) is 11.9 Å². The fourth-order valence-corrected chi connectivity index (χ4v) is 2.59. The summed E-state index contributed by atoms with van der Waals surface area (Å²) >= 11 is 4.97. The van der Waals surface area contributed by atoms with Crippen LogP contribution in [-0.2, 0) is 0 Å². The molecule has 3 N–H and O–H groups in total. The molecule has 1 aliphatic rings. The average Bonchev–Trinajstić information content (AvgIpc) is 2.38. The van der Waals surface area contributed by atoms with Crippen LogP contribution in [0, 0.1) is 11.8 Å². The Morgan fingerprint density at radius 3 is 2.83 bits per heavy atom. The van der Waals surface area contributed by atoms with E-state index in [4.69, 9.17) is 18.0 Å². The van der Waals surface area contributed by atoms with E-state index in [9.17, 15) is 0 Å². The Kier molecular flexibility index (Phi) is 4.53. The van der Waals surface area contributed by atoms with Crippen molar-refractivity contribution in [1.29, 1.82) is 0 Å². The van der Waals surface area contributed by atoms with Crippen LogP contribution >= 0.6 is 12.2 Å². The lowest BCUT2D eigenvalue weighted by molar-refractivity contribution is 0.300. The SMILES string of the molecule is CC1CCC(CNc2cc(C(N)=S)ccn2)CC1. The summed E-state index contributed by atoms with van der Waals surface area (Å²) < 4.78 is 0. The molecule has 1 heterocycles. The van der Waals surface area contributed by atoms with Gasteiger partial charge < -0.3 is 11.1 Å². The smallest absolute Gasteiger partial charge is 0.126 e. The van der Waals surface area contributed by atoms with Gasteiger partial charge in [-0.15, -0.1) is 0 Å². The van der Waals surface area contributed by atoms with Crippen LogP contribution in [0.4, 0.5) is 5.82 Å². The summed E-state index contributed by atoms with van der Waals surface area (Å²) in [5.41, 5.74) is 6.49. The molecule has 1 aliphatic carbocycles. The van der Waals surface area contributed by atoms with E-state index in [1.807, 2.05) is 12.1 Å². The van der Waals surface area contributed by atoms with Crippen LogP contribution < -0.4 is 11.1 Å². The number of hydrogen-bond donors (Lipinski definition) is 2. The van der Waals surface area contributed by atoms with Gasteiger partial charge in [-0.25, -0.2) is 4.98 Å². The van der Waals surface area contributed by atoms with Gasteiger partial charge in [-0.1, -0.05) is 32.0 Å². The van der Waals surface area contributed by atoms with Crippen molar-refractivity contribution in [3.63, 3.8) is 0 Å². The van der Waals surface area contributed by atoms with Crippen molar-refractivity contribution in [2.45, 2.75) is 32.6 Å². The van der Waals surface area contributed by atoms with Crippen molar-refractivity contribution >= 4 is 23.0 Å². The van der Waals surface area contributed by atoms with Gasteiger partial charge in [-0.3, -0.25) is 0 Å². The minimum atomic E-state index is 0.423. The minimum absolute atomic E-state index is 0.423. The zero-order chi connectivity index (χ0) is 13.0. The number of thiocarbonyl (C=S) groups is 1. The lowest BCUT2D eigenvalue weighted by atomic mass is 9.83. The Bertz CT molecular complexity index is 411. The third-order valence-electron chi connectivity index (χ3n) is 3.75. The second-order valence-corrected chi connectivity index (χ2v) is 5.74. The molecular weight excluding hydrogens is 242 g/mol. The average molecular weight is 263 g/mol. The lowest BCUT2D eigenvalue weighted by Crippen LogP contribution is -2.20. The zero-order valence-corrected chi connectivity index (χ0v) is 11.7. The van der Waals surface area contributed by atoms with E-state index in [1.54, 1.807) is 6.20 Å². The van der Waals surface area contributed by atoms with Crippen molar-refractivity contribution < 1.29 is 0 Å². The highest BCUT2D eigenvalue weighted by Gasteiger charge is 2.17. The Morgan fingerprint density at radius 2 is 2.17 bits per heavy atom. The van der Waals surface area contributed by atoms with Crippen LogP contribution in [0.3, 0.4) is 0 Å². The maximum Gasteiger partial charge on any atom is 0.126 e. The van der Waals surface area contributed by atoms with Crippen LogP contribution in [0.1, 0.15) is 38.2 Å². The van der Waals surface area contributed by atoms with Gasteiger partial charge in [0.2, 0.25) is 0 Å². The van der Waals surface area contributed by atoms with Crippen molar-refractivity contribution in [1.82, 2.24) is 4.98 Å². The number of nitrogens with one attached hydrogen (secondary N) is 1. The van der Waals surface area contributed by atoms with Gasteiger partial charge in [-0.05, 0) is 36.8 Å².